The van der Waals surface area contributed by atoms with E-state index in [1.807, 2.05) is 6.08 Å². The summed E-state index contributed by atoms with van der Waals surface area (Å²) < 4.78 is 5.88. The van der Waals surface area contributed by atoms with Crippen LogP contribution < -0.4 is 4.74 Å². The summed E-state index contributed by atoms with van der Waals surface area (Å²) in [5.74, 6) is -0.345. The third-order valence-electron chi connectivity index (χ3n) is 2.87. The second-order valence-corrected chi connectivity index (χ2v) is 4.81. The Balaban J connectivity index is 2.20. The normalized spacial score (nSPS) is 18.7. The molecule has 0 spiro atoms. The van der Waals surface area contributed by atoms with Gasteiger partial charge in [-0.05, 0) is 49.6 Å². The van der Waals surface area contributed by atoms with Gasteiger partial charge in [-0.15, -0.1) is 0 Å². The van der Waals surface area contributed by atoms with Crippen LogP contribution in [0.25, 0.3) is 6.08 Å². The maximum atomic E-state index is 10.6. The molecule has 100 valence electrons. The fourth-order valence-electron chi connectivity index (χ4n) is 1.96. The summed E-state index contributed by atoms with van der Waals surface area (Å²) in [5, 5.41) is 9.24. The van der Waals surface area contributed by atoms with Crippen LogP contribution in [0.4, 0.5) is 0 Å². The number of hydrogen-bond acceptors (Lipinski definition) is 2. The Hall–Kier alpha value is -1.74. The number of halogens is 1. The maximum absolute atomic E-state index is 10.6. The van der Waals surface area contributed by atoms with E-state index in [4.69, 9.17) is 21.4 Å². The summed E-state index contributed by atoms with van der Waals surface area (Å²) in [6.07, 6.45) is 9.94. The first-order valence-corrected chi connectivity index (χ1v) is 6.57. The highest BCUT2D eigenvalue weighted by atomic mass is 35.5. The van der Waals surface area contributed by atoms with E-state index in [0.29, 0.717) is 16.3 Å². The molecule has 0 saturated carbocycles. The van der Waals surface area contributed by atoms with E-state index in [-0.39, 0.29) is 6.10 Å². The Labute approximate surface area is 117 Å². The minimum absolute atomic E-state index is 0.0481. The van der Waals surface area contributed by atoms with Crippen LogP contribution in [0, 0.1) is 0 Å². The molecule has 0 aromatic heterocycles. The Kier molecular flexibility index (Phi) is 4.63. The molecule has 1 aromatic carbocycles. The van der Waals surface area contributed by atoms with Crippen molar-refractivity contribution >= 4 is 23.6 Å². The van der Waals surface area contributed by atoms with Crippen molar-refractivity contribution in [3.63, 3.8) is 0 Å². The smallest absolute Gasteiger partial charge is 0.328 e. The summed E-state index contributed by atoms with van der Waals surface area (Å²) in [5.41, 5.74) is 0.675. The number of carboxylic acid groups (broad SMARTS) is 1. The van der Waals surface area contributed by atoms with E-state index in [2.05, 4.69) is 6.08 Å². The number of rotatable bonds is 4. The summed E-state index contributed by atoms with van der Waals surface area (Å²) in [6.45, 7) is 0. The highest BCUT2D eigenvalue weighted by Crippen LogP contribution is 2.27. The Bertz CT molecular complexity index is 520. The molecule has 1 N–H and O–H groups in total. The molecule has 1 aliphatic carbocycles. The van der Waals surface area contributed by atoms with Gasteiger partial charge in [-0.3, -0.25) is 0 Å². The second kappa shape index (κ2) is 6.43. The minimum Gasteiger partial charge on any atom is -0.486 e. The van der Waals surface area contributed by atoms with E-state index < -0.39 is 5.97 Å². The molecular weight excluding hydrogens is 264 g/mol. The minimum atomic E-state index is -0.997. The van der Waals surface area contributed by atoms with Crippen LogP contribution in [0.1, 0.15) is 24.8 Å². The quantitative estimate of drug-likeness (QED) is 0.670. The summed E-state index contributed by atoms with van der Waals surface area (Å²) in [4.78, 5) is 10.6. The summed E-state index contributed by atoms with van der Waals surface area (Å²) in [7, 11) is 0. The van der Waals surface area contributed by atoms with E-state index >= 15 is 0 Å². The lowest BCUT2D eigenvalue weighted by Gasteiger charge is -2.19. The van der Waals surface area contributed by atoms with Crippen molar-refractivity contribution in [2.24, 2.45) is 0 Å². The van der Waals surface area contributed by atoms with Gasteiger partial charge in [0.05, 0.1) is 0 Å². The molecule has 19 heavy (non-hydrogen) atoms. The molecule has 0 amide bonds. The third kappa shape index (κ3) is 4.14. The number of carboxylic acids is 1. The van der Waals surface area contributed by atoms with Crippen LogP contribution in [0.5, 0.6) is 5.75 Å². The van der Waals surface area contributed by atoms with Crippen molar-refractivity contribution < 1.29 is 14.6 Å². The van der Waals surface area contributed by atoms with Gasteiger partial charge in [-0.25, -0.2) is 4.79 Å². The summed E-state index contributed by atoms with van der Waals surface area (Å²) >= 11 is 5.92. The molecule has 4 heteroatoms. The van der Waals surface area contributed by atoms with Gasteiger partial charge in [-0.2, -0.15) is 0 Å². The van der Waals surface area contributed by atoms with Crippen molar-refractivity contribution in [2.75, 3.05) is 0 Å². The molecule has 1 unspecified atom stereocenters. The number of hydrogen-bond donors (Lipinski definition) is 1. The number of aliphatic carboxylic acids is 1. The van der Waals surface area contributed by atoms with Crippen LogP contribution in [0.2, 0.25) is 5.02 Å². The molecule has 0 aliphatic heterocycles. The molecule has 1 aliphatic rings. The zero-order chi connectivity index (χ0) is 13.7. The van der Waals surface area contributed by atoms with Gasteiger partial charge < -0.3 is 9.84 Å². The van der Waals surface area contributed by atoms with Crippen LogP contribution in [0.15, 0.2) is 36.4 Å². The van der Waals surface area contributed by atoms with Crippen LogP contribution in [-0.4, -0.2) is 17.2 Å². The van der Waals surface area contributed by atoms with E-state index in [1.54, 1.807) is 18.2 Å². The van der Waals surface area contributed by atoms with Crippen LogP contribution in [-0.2, 0) is 4.79 Å². The Morgan fingerprint density at radius 1 is 1.47 bits per heavy atom. The van der Waals surface area contributed by atoms with Crippen molar-refractivity contribution in [1.29, 1.82) is 0 Å². The Morgan fingerprint density at radius 3 is 3.00 bits per heavy atom. The first kappa shape index (κ1) is 13.7. The van der Waals surface area contributed by atoms with Gasteiger partial charge in [0, 0.05) is 16.7 Å². The van der Waals surface area contributed by atoms with Crippen molar-refractivity contribution in [3.05, 3.63) is 47.0 Å². The predicted octanol–water partition coefficient (Wildman–Crippen LogP) is 3.93. The van der Waals surface area contributed by atoms with Gasteiger partial charge in [0.25, 0.3) is 0 Å². The first-order chi connectivity index (χ1) is 9.15. The van der Waals surface area contributed by atoms with Gasteiger partial charge >= 0.3 is 5.97 Å². The van der Waals surface area contributed by atoms with Crippen LogP contribution >= 0.6 is 11.6 Å². The van der Waals surface area contributed by atoms with E-state index in [9.17, 15) is 4.79 Å². The number of carbonyl (C=O) groups is 1. The molecule has 0 fully saturated rings. The van der Waals surface area contributed by atoms with E-state index in [0.717, 1.165) is 25.3 Å². The first-order valence-electron chi connectivity index (χ1n) is 6.19. The fraction of sp³-hybridized carbons (Fsp3) is 0.267. The predicted molar refractivity (Wildman–Crippen MR) is 75.5 cm³/mol. The lowest BCUT2D eigenvalue weighted by molar-refractivity contribution is -0.131. The molecule has 1 aromatic rings. The van der Waals surface area contributed by atoms with Crippen LogP contribution in [0.3, 0.4) is 0 Å². The van der Waals surface area contributed by atoms with Gasteiger partial charge in [-0.1, -0.05) is 17.7 Å². The SMILES string of the molecule is O=C(O)/C=C/c1cc(Cl)ccc1OC1C=CCCC1. The molecular formula is C15H15ClO3. The average molecular weight is 279 g/mol. The monoisotopic (exact) mass is 278 g/mol. The van der Waals surface area contributed by atoms with Gasteiger partial charge in [0.15, 0.2) is 0 Å². The zero-order valence-corrected chi connectivity index (χ0v) is 11.1. The lowest BCUT2D eigenvalue weighted by Crippen LogP contribution is -2.16. The largest absolute Gasteiger partial charge is 0.486 e. The zero-order valence-electron chi connectivity index (χ0n) is 10.4. The van der Waals surface area contributed by atoms with Crippen molar-refractivity contribution in [2.45, 2.75) is 25.4 Å². The summed E-state index contributed by atoms with van der Waals surface area (Å²) in [6, 6.07) is 5.21. The molecule has 3 nitrogen and oxygen atoms in total. The maximum Gasteiger partial charge on any atom is 0.328 e. The fourth-order valence-corrected chi connectivity index (χ4v) is 2.14. The molecule has 0 heterocycles. The standard InChI is InChI=1S/C15H15ClO3/c16-12-7-8-14(11(10-12)6-9-15(17)18)19-13-4-2-1-3-5-13/h2,4,6-10,13H,1,3,5H2,(H,17,18)/b9-6+. The topological polar surface area (TPSA) is 46.5 Å². The van der Waals surface area contributed by atoms with Crippen molar-refractivity contribution in [1.82, 2.24) is 0 Å². The average Bonchev–Trinajstić information content (AvgIpc) is 2.40. The second-order valence-electron chi connectivity index (χ2n) is 4.37. The molecule has 0 bridgehead atoms. The van der Waals surface area contributed by atoms with Gasteiger partial charge in [0.1, 0.15) is 11.9 Å². The third-order valence-corrected chi connectivity index (χ3v) is 3.10. The lowest BCUT2D eigenvalue weighted by atomic mass is 10.1. The highest BCUT2D eigenvalue weighted by molar-refractivity contribution is 6.30. The van der Waals surface area contributed by atoms with E-state index in [1.165, 1.54) is 6.08 Å². The Morgan fingerprint density at radius 2 is 2.32 bits per heavy atom. The molecule has 0 saturated heterocycles. The molecule has 1 atom stereocenters. The van der Waals surface area contributed by atoms with Gasteiger partial charge in [0.2, 0.25) is 0 Å². The van der Waals surface area contributed by atoms with Crippen molar-refractivity contribution in [3.8, 4) is 5.75 Å². The number of allylic oxidation sites excluding steroid dienone is 1. The number of benzene rings is 1. The highest BCUT2D eigenvalue weighted by Gasteiger charge is 2.12. The number of ether oxygens (including phenoxy) is 1. The molecule has 0 radical (unpaired) electrons. The molecule has 2 rings (SSSR count).